The average molecular weight is 364 g/mol. The molecule has 0 aromatic heterocycles. The van der Waals surface area contributed by atoms with E-state index in [1.165, 1.54) is 0 Å². The maximum atomic E-state index is 13.4. The van der Waals surface area contributed by atoms with E-state index in [1.54, 1.807) is 0 Å². The summed E-state index contributed by atoms with van der Waals surface area (Å²) in [6, 6.07) is 0. The molecule has 0 radical (unpaired) electrons. The number of aliphatic hydroxyl groups is 4. The lowest BCUT2D eigenvalue weighted by Gasteiger charge is -2.74. The number of carbonyl (C=O) groups excluding carboxylic acids is 1. The van der Waals surface area contributed by atoms with Crippen molar-refractivity contribution in [3.05, 3.63) is 12.2 Å². The number of hydrogen-bond acceptors (Lipinski definition) is 6. The van der Waals surface area contributed by atoms with Crippen molar-refractivity contribution < 1.29 is 30.0 Å². The van der Waals surface area contributed by atoms with Gasteiger partial charge in [-0.3, -0.25) is 4.79 Å². The van der Waals surface area contributed by atoms with Crippen molar-refractivity contribution in [2.75, 3.05) is 6.61 Å². The van der Waals surface area contributed by atoms with Gasteiger partial charge in [0.1, 0.15) is 11.5 Å². The molecule has 6 heteroatoms. The molecule has 2 saturated heterocycles. The van der Waals surface area contributed by atoms with E-state index >= 15 is 0 Å². The quantitative estimate of drug-likeness (QED) is 0.463. The summed E-state index contributed by atoms with van der Waals surface area (Å²) in [4.78, 5) is 13.4. The summed E-state index contributed by atoms with van der Waals surface area (Å²) < 4.78 is 5.85. The second kappa shape index (κ2) is 4.61. The van der Waals surface area contributed by atoms with Gasteiger partial charge in [-0.15, -0.1) is 0 Å². The van der Waals surface area contributed by atoms with Crippen LogP contribution >= 0.6 is 0 Å². The van der Waals surface area contributed by atoms with E-state index in [2.05, 4.69) is 20.4 Å². The van der Waals surface area contributed by atoms with Crippen LogP contribution in [-0.2, 0) is 9.53 Å². The van der Waals surface area contributed by atoms with Crippen LogP contribution in [0.25, 0.3) is 0 Å². The fraction of sp³-hybridized carbons (Fsp3) is 0.850. The maximum absolute atomic E-state index is 13.4. The zero-order chi connectivity index (χ0) is 18.9. The van der Waals surface area contributed by atoms with Gasteiger partial charge >= 0.3 is 0 Å². The van der Waals surface area contributed by atoms with E-state index in [0.29, 0.717) is 6.42 Å². The van der Waals surface area contributed by atoms with Crippen LogP contribution in [-0.4, -0.2) is 56.9 Å². The summed E-state index contributed by atoms with van der Waals surface area (Å²) in [6.07, 6.45) is -0.512. The molecule has 6 nitrogen and oxygen atoms in total. The topological polar surface area (TPSA) is 107 Å². The molecule has 4 saturated carbocycles. The van der Waals surface area contributed by atoms with Crippen LogP contribution in [0.5, 0.6) is 0 Å². The van der Waals surface area contributed by atoms with Crippen LogP contribution in [0.1, 0.15) is 39.5 Å². The van der Waals surface area contributed by atoms with Gasteiger partial charge < -0.3 is 25.2 Å². The zero-order valence-electron chi connectivity index (χ0n) is 15.3. The van der Waals surface area contributed by atoms with Crippen LogP contribution in [0, 0.1) is 34.0 Å². The van der Waals surface area contributed by atoms with E-state index < -0.39 is 52.5 Å². The lowest BCUT2D eigenvalue weighted by Crippen LogP contribution is -2.84. The number of fused-ring (bicyclic) bond motifs is 2. The summed E-state index contributed by atoms with van der Waals surface area (Å²) in [5.74, 6) is -4.08. The fourth-order valence-corrected chi connectivity index (χ4v) is 8.00. The van der Waals surface area contributed by atoms with Gasteiger partial charge in [-0.1, -0.05) is 26.8 Å². The monoisotopic (exact) mass is 364 g/mol. The Morgan fingerprint density at radius 3 is 2.54 bits per heavy atom. The van der Waals surface area contributed by atoms with Crippen molar-refractivity contribution in [2.24, 2.45) is 34.0 Å². The Hall–Kier alpha value is -0.790. The summed E-state index contributed by atoms with van der Waals surface area (Å²) in [5.41, 5.74) is -2.26. The Kier molecular flexibility index (Phi) is 3.07. The molecule has 2 heterocycles. The first-order valence-electron chi connectivity index (χ1n) is 9.70. The fourth-order valence-electron chi connectivity index (χ4n) is 8.00. The molecule has 4 aliphatic carbocycles. The molecular weight excluding hydrogens is 336 g/mol. The molecule has 26 heavy (non-hydrogen) atoms. The highest BCUT2D eigenvalue weighted by molar-refractivity contribution is 6.05. The summed E-state index contributed by atoms with van der Waals surface area (Å²) >= 11 is 0. The molecule has 9 atom stereocenters. The molecule has 0 unspecified atom stereocenters. The van der Waals surface area contributed by atoms with Gasteiger partial charge in [-0.05, 0) is 36.2 Å². The lowest BCUT2D eigenvalue weighted by molar-refractivity contribution is -0.451. The smallest absolute Gasteiger partial charge is 0.208 e. The van der Waals surface area contributed by atoms with E-state index in [9.17, 15) is 25.2 Å². The normalized spacial score (nSPS) is 59.9. The van der Waals surface area contributed by atoms with Gasteiger partial charge in [-0.2, -0.15) is 0 Å². The Labute approximate surface area is 152 Å². The molecule has 6 fully saturated rings. The highest BCUT2D eigenvalue weighted by Crippen LogP contribution is 2.76. The third kappa shape index (κ3) is 1.44. The Balaban J connectivity index is 1.80. The van der Waals surface area contributed by atoms with Gasteiger partial charge in [0, 0.05) is 17.3 Å². The van der Waals surface area contributed by atoms with Crippen LogP contribution in [0.2, 0.25) is 0 Å². The lowest BCUT2D eigenvalue weighted by atomic mass is 9.36. The van der Waals surface area contributed by atoms with E-state index in [0.717, 1.165) is 19.3 Å². The van der Waals surface area contributed by atoms with E-state index in [1.807, 2.05) is 0 Å². The molecule has 0 aromatic rings. The number of carbonyl (C=O) groups is 1. The van der Waals surface area contributed by atoms with Gasteiger partial charge in [0.15, 0.2) is 5.78 Å². The van der Waals surface area contributed by atoms with Gasteiger partial charge in [0.25, 0.3) is 0 Å². The van der Waals surface area contributed by atoms with Gasteiger partial charge in [0.05, 0.1) is 18.8 Å². The predicted octanol–water partition coefficient (Wildman–Crippen LogP) is 0.376. The molecule has 0 amide bonds. The van der Waals surface area contributed by atoms with E-state index in [-0.39, 0.29) is 23.5 Å². The van der Waals surface area contributed by atoms with Crippen LogP contribution in [0.4, 0.5) is 0 Å². The largest absolute Gasteiger partial charge is 0.392 e. The van der Waals surface area contributed by atoms with Crippen LogP contribution in [0.15, 0.2) is 12.2 Å². The van der Waals surface area contributed by atoms with Crippen LogP contribution < -0.4 is 0 Å². The SMILES string of the molecule is C=C1C(=O)[C@]23[C@H](O)[C@@H]1[C@@H](O)C[C@H]2[C@]12CCCC(C)(C)[C@H]1[C@H](O)[C@@]3(O)OC2. The Morgan fingerprint density at radius 1 is 1.15 bits per heavy atom. The van der Waals surface area contributed by atoms with Gasteiger partial charge in [-0.25, -0.2) is 0 Å². The molecule has 6 rings (SSSR count). The summed E-state index contributed by atoms with van der Waals surface area (Å²) in [7, 11) is 0. The minimum atomic E-state index is -2.15. The standard InChI is InChI=1S/C20H28O6/c1-9-12-10(21)7-11-18-6-4-5-17(2,3)13(18)16(24)20(25,26-8-18)19(11,14(9)22)15(12)23/h10-13,15-16,21,23-25H,1,4-8H2,2-3H3/t10-,11-,12-,13+,15+,16-,18+,19-,20+/m0/s1. The molecule has 144 valence electrons. The zero-order valence-corrected chi connectivity index (χ0v) is 15.3. The van der Waals surface area contributed by atoms with Crippen molar-refractivity contribution in [3.8, 4) is 0 Å². The minimum absolute atomic E-state index is 0.146. The number of hydrogen-bond donors (Lipinski definition) is 4. The Bertz CT molecular complexity index is 717. The van der Waals surface area contributed by atoms with Crippen molar-refractivity contribution in [1.82, 2.24) is 0 Å². The second-order valence-electron chi connectivity index (χ2n) is 10.0. The first-order chi connectivity index (χ1) is 12.1. The van der Waals surface area contributed by atoms with Crippen LogP contribution in [0.3, 0.4) is 0 Å². The number of Topliss-reactive ketones (excluding diaryl/α,β-unsaturated/α-hetero) is 1. The van der Waals surface area contributed by atoms with Crippen molar-refractivity contribution >= 4 is 5.78 Å². The second-order valence-corrected chi connectivity index (χ2v) is 10.0. The summed E-state index contributed by atoms with van der Waals surface area (Å²) in [6.45, 7) is 8.24. The third-order valence-electron chi connectivity index (χ3n) is 8.81. The number of ketones is 1. The molecule has 2 aliphatic heterocycles. The van der Waals surface area contributed by atoms with Crippen molar-refractivity contribution in [2.45, 2.75) is 63.6 Å². The first-order valence-corrected chi connectivity index (χ1v) is 9.70. The highest BCUT2D eigenvalue weighted by atomic mass is 16.6. The molecule has 4 bridgehead atoms. The average Bonchev–Trinajstić information content (AvgIpc) is 2.68. The molecular formula is C20H28O6. The van der Waals surface area contributed by atoms with Gasteiger partial charge in [0.2, 0.25) is 5.79 Å². The molecule has 2 spiro atoms. The predicted molar refractivity (Wildman–Crippen MR) is 90.7 cm³/mol. The number of aliphatic hydroxyl groups excluding tert-OH is 3. The van der Waals surface area contributed by atoms with Crippen molar-refractivity contribution in [3.63, 3.8) is 0 Å². The minimum Gasteiger partial charge on any atom is -0.392 e. The molecule has 6 aliphatic rings. The maximum Gasteiger partial charge on any atom is 0.208 e. The summed E-state index contributed by atoms with van der Waals surface area (Å²) in [5, 5.41) is 44.8. The molecule has 0 aromatic carbocycles. The third-order valence-corrected chi connectivity index (χ3v) is 8.81. The van der Waals surface area contributed by atoms with E-state index in [4.69, 9.17) is 4.74 Å². The van der Waals surface area contributed by atoms with Crippen molar-refractivity contribution in [1.29, 1.82) is 0 Å². The molecule has 4 N–H and O–H groups in total. The number of rotatable bonds is 0. The highest BCUT2D eigenvalue weighted by Gasteiger charge is 2.86. The number of ether oxygens (including phenoxy) is 1. The first kappa shape index (κ1) is 17.3. The Morgan fingerprint density at radius 2 is 1.85 bits per heavy atom.